The van der Waals surface area contributed by atoms with Gasteiger partial charge in [0.15, 0.2) is 0 Å². The summed E-state index contributed by atoms with van der Waals surface area (Å²) in [5.74, 6) is 1.67. The summed E-state index contributed by atoms with van der Waals surface area (Å²) >= 11 is 0. The van der Waals surface area contributed by atoms with Crippen LogP contribution < -0.4 is 0 Å². The van der Waals surface area contributed by atoms with Gasteiger partial charge in [-0.05, 0) is 62.5 Å². The molecule has 3 rings (SSSR count). The van der Waals surface area contributed by atoms with Crippen molar-refractivity contribution in [3.8, 4) is 0 Å². The van der Waals surface area contributed by atoms with Gasteiger partial charge in [-0.25, -0.2) is 0 Å². The predicted octanol–water partition coefficient (Wildman–Crippen LogP) is 5.52. The highest BCUT2D eigenvalue weighted by Crippen LogP contribution is 2.47. The monoisotopic (exact) mass is 370 g/mol. The minimum atomic E-state index is -0.311. The molecule has 0 aromatic heterocycles. The van der Waals surface area contributed by atoms with Crippen molar-refractivity contribution in [3.63, 3.8) is 0 Å². The van der Waals surface area contributed by atoms with E-state index in [0.717, 1.165) is 19.3 Å². The van der Waals surface area contributed by atoms with Gasteiger partial charge in [0.25, 0.3) is 0 Å². The van der Waals surface area contributed by atoms with Crippen LogP contribution in [0.3, 0.4) is 0 Å². The number of ether oxygens (including phenoxy) is 1. The Morgan fingerprint density at radius 3 is 2.56 bits per heavy atom. The van der Waals surface area contributed by atoms with E-state index in [4.69, 9.17) is 4.74 Å². The molecule has 2 fully saturated rings. The number of aliphatic hydroxyl groups is 2. The SMILES string of the molecule is C/C=C(/O)C/C=C\C[C@@H]1[C@H](CCC(O)C(C)c2ccccc2)[C@@H]2CC[C@H]1O2. The molecule has 2 N–H and O–H groups in total. The normalized spacial score (nSPS) is 30.1. The third-order valence-corrected chi connectivity index (χ3v) is 6.52. The maximum Gasteiger partial charge on any atom is 0.0917 e. The first-order valence-corrected chi connectivity index (χ1v) is 10.5. The average molecular weight is 371 g/mol. The van der Waals surface area contributed by atoms with Gasteiger partial charge in [-0.15, -0.1) is 0 Å². The zero-order chi connectivity index (χ0) is 19.2. The topological polar surface area (TPSA) is 49.7 Å². The molecule has 2 bridgehead atoms. The highest BCUT2D eigenvalue weighted by molar-refractivity contribution is 5.19. The Labute approximate surface area is 163 Å². The molecule has 0 amide bonds. The van der Waals surface area contributed by atoms with Gasteiger partial charge in [0.2, 0.25) is 0 Å². The lowest BCUT2D eigenvalue weighted by Crippen LogP contribution is -2.28. The molecule has 0 saturated carbocycles. The van der Waals surface area contributed by atoms with Gasteiger partial charge in [-0.2, -0.15) is 0 Å². The van der Waals surface area contributed by atoms with Crippen LogP contribution >= 0.6 is 0 Å². The van der Waals surface area contributed by atoms with E-state index in [1.54, 1.807) is 6.08 Å². The summed E-state index contributed by atoms with van der Waals surface area (Å²) in [4.78, 5) is 0. The van der Waals surface area contributed by atoms with E-state index in [2.05, 4.69) is 31.2 Å². The van der Waals surface area contributed by atoms with Crippen LogP contribution in [0, 0.1) is 11.8 Å². The smallest absolute Gasteiger partial charge is 0.0917 e. The lowest BCUT2D eigenvalue weighted by atomic mass is 9.74. The molecule has 3 nitrogen and oxygen atoms in total. The second kappa shape index (κ2) is 9.57. The summed E-state index contributed by atoms with van der Waals surface area (Å²) < 4.78 is 6.20. The second-order valence-corrected chi connectivity index (χ2v) is 8.15. The van der Waals surface area contributed by atoms with Crippen LogP contribution in [0.25, 0.3) is 0 Å². The summed E-state index contributed by atoms with van der Waals surface area (Å²) in [7, 11) is 0. The highest BCUT2D eigenvalue weighted by Gasteiger charge is 2.47. The molecule has 2 aliphatic rings. The fourth-order valence-corrected chi connectivity index (χ4v) is 4.76. The Kier molecular flexibility index (Phi) is 7.14. The Balaban J connectivity index is 1.53. The molecule has 2 unspecified atom stereocenters. The quantitative estimate of drug-likeness (QED) is 0.444. The average Bonchev–Trinajstić information content (AvgIpc) is 3.31. The molecule has 3 heteroatoms. The summed E-state index contributed by atoms with van der Waals surface area (Å²) in [5, 5.41) is 20.3. The van der Waals surface area contributed by atoms with Gasteiger partial charge in [0, 0.05) is 12.3 Å². The van der Waals surface area contributed by atoms with Crippen LogP contribution in [0.1, 0.15) is 63.9 Å². The van der Waals surface area contributed by atoms with Crippen molar-refractivity contribution in [2.24, 2.45) is 11.8 Å². The van der Waals surface area contributed by atoms with E-state index in [-0.39, 0.29) is 12.0 Å². The molecule has 1 aromatic carbocycles. The third kappa shape index (κ3) is 5.03. The molecule has 2 heterocycles. The minimum absolute atomic E-state index is 0.160. The second-order valence-electron chi connectivity index (χ2n) is 8.15. The number of rotatable bonds is 9. The molecule has 0 spiro atoms. The van der Waals surface area contributed by atoms with Gasteiger partial charge in [0.1, 0.15) is 0 Å². The van der Waals surface area contributed by atoms with E-state index >= 15 is 0 Å². The standard InChI is InChI=1S/C24H34O3/c1-3-19(25)11-7-8-12-20-21(24-16-15-23(20)27-24)13-14-22(26)17(2)18-9-5-4-6-10-18/h3-10,17,20-26H,11-16H2,1-2H3/b8-7-,19-3+/t17?,20-,21+,22?,23-,24+/m1/s1. The lowest BCUT2D eigenvalue weighted by Gasteiger charge is -2.29. The molecular formula is C24H34O3. The number of hydrogen-bond donors (Lipinski definition) is 2. The van der Waals surface area contributed by atoms with E-state index in [1.165, 1.54) is 18.4 Å². The van der Waals surface area contributed by atoms with Crippen LogP contribution in [-0.4, -0.2) is 28.5 Å². The molecule has 2 aliphatic heterocycles. The van der Waals surface area contributed by atoms with Crippen molar-refractivity contribution in [1.29, 1.82) is 0 Å². The fourth-order valence-electron chi connectivity index (χ4n) is 4.76. The van der Waals surface area contributed by atoms with Crippen molar-refractivity contribution in [3.05, 3.63) is 59.9 Å². The first-order chi connectivity index (χ1) is 13.1. The number of aliphatic hydroxyl groups excluding tert-OH is 2. The number of fused-ring (bicyclic) bond motifs is 2. The molecule has 1 aromatic rings. The molecule has 0 aliphatic carbocycles. The zero-order valence-electron chi connectivity index (χ0n) is 16.6. The van der Waals surface area contributed by atoms with Gasteiger partial charge in [0.05, 0.1) is 24.1 Å². The molecule has 27 heavy (non-hydrogen) atoms. The number of benzene rings is 1. The molecule has 2 saturated heterocycles. The Morgan fingerprint density at radius 1 is 1.15 bits per heavy atom. The van der Waals surface area contributed by atoms with E-state index < -0.39 is 0 Å². The maximum atomic E-state index is 10.7. The minimum Gasteiger partial charge on any atom is -0.512 e. The predicted molar refractivity (Wildman–Crippen MR) is 110 cm³/mol. The van der Waals surface area contributed by atoms with E-state index in [9.17, 15) is 10.2 Å². The third-order valence-electron chi connectivity index (χ3n) is 6.52. The summed E-state index contributed by atoms with van der Waals surface area (Å²) in [6, 6.07) is 10.3. The number of allylic oxidation sites excluding steroid dienone is 3. The molecule has 148 valence electrons. The summed E-state index contributed by atoms with van der Waals surface area (Å²) in [5.41, 5.74) is 1.21. The summed E-state index contributed by atoms with van der Waals surface area (Å²) in [6.07, 6.45) is 12.2. The summed E-state index contributed by atoms with van der Waals surface area (Å²) in [6.45, 7) is 3.97. The van der Waals surface area contributed by atoms with Crippen LogP contribution in [0.2, 0.25) is 0 Å². The van der Waals surface area contributed by atoms with Gasteiger partial charge < -0.3 is 14.9 Å². The van der Waals surface area contributed by atoms with E-state index in [1.807, 2.05) is 25.1 Å². The first-order valence-electron chi connectivity index (χ1n) is 10.5. The Bertz CT molecular complexity index is 636. The maximum absolute atomic E-state index is 10.7. The van der Waals surface area contributed by atoms with Crippen molar-refractivity contribution in [2.75, 3.05) is 0 Å². The molecule has 0 radical (unpaired) electrons. The van der Waals surface area contributed by atoms with Crippen molar-refractivity contribution in [1.82, 2.24) is 0 Å². The molecule has 6 atom stereocenters. The van der Waals surface area contributed by atoms with Crippen LogP contribution in [0.4, 0.5) is 0 Å². The van der Waals surface area contributed by atoms with Gasteiger partial charge in [-0.1, -0.05) is 49.4 Å². The fraction of sp³-hybridized carbons (Fsp3) is 0.583. The van der Waals surface area contributed by atoms with Crippen LogP contribution in [0.5, 0.6) is 0 Å². The molecular weight excluding hydrogens is 336 g/mol. The highest BCUT2D eigenvalue weighted by atomic mass is 16.5. The van der Waals surface area contributed by atoms with E-state index in [0.29, 0.717) is 36.2 Å². The largest absolute Gasteiger partial charge is 0.512 e. The first kappa shape index (κ1) is 20.2. The lowest BCUT2D eigenvalue weighted by molar-refractivity contribution is 0.0821. The van der Waals surface area contributed by atoms with Crippen LogP contribution in [0.15, 0.2) is 54.3 Å². The van der Waals surface area contributed by atoms with Gasteiger partial charge >= 0.3 is 0 Å². The number of hydrogen-bond acceptors (Lipinski definition) is 3. The van der Waals surface area contributed by atoms with Crippen molar-refractivity contribution < 1.29 is 14.9 Å². The zero-order valence-corrected chi connectivity index (χ0v) is 16.6. The van der Waals surface area contributed by atoms with Crippen LogP contribution in [-0.2, 0) is 4.74 Å². The Morgan fingerprint density at radius 2 is 1.85 bits per heavy atom. The van der Waals surface area contributed by atoms with Crippen molar-refractivity contribution in [2.45, 2.75) is 76.6 Å². The van der Waals surface area contributed by atoms with Crippen molar-refractivity contribution >= 4 is 0 Å². The Hall–Kier alpha value is -1.58. The van der Waals surface area contributed by atoms with Gasteiger partial charge in [-0.3, -0.25) is 0 Å².